The van der Waals surface area contributed by atoms with Gasteiger partial charge in [-0.1, -0.05) is 52.5 Å². The molecule has 2 rings (SSSR count). The second kappa shape index (κ2) is 5.54. The Balaban J connectivity index is 2.40. The molecule has 0 aliphatic carbocycles. The van der Waals surface area contributed by atoms with Gasteiger partial charge >= 0.3 is 0 Å². The van der Waals surface area contributed by atoms with E-state index in [9.17, 15) is 0 Å². The van der Waals surface area contributed by atoms with Crippen molar-refractivity contribution in [2.45, 2.75) is 6.92 Å². The number of aryl methyl sites for hydroxylation is 1. The predicted octanol–water partition coefficient (Wildman–Crippen LogP) is 5.75. The lowest BCUT2D eigenvalue weighted by Crippen LogP contribution is -1.96. The van der Waals surface area contributed by atoms with Crippen LogP contribution in [0.3, 0.4) is 0 Å². The van der Waals surface area contributed by atoms with Crippen molar-refractivity contribution < 1.29 is 0 Å². The van der Waals surface area contributed by atoms with Crippen LogP contribution in [0.2, 0.25) is 20.2 Å². The Kier molecular flexibility index (Phi) is 4.23. The Morgan fingerprint density at radius 1 is 0.944 bits per heavy atom. The van der Waals surface area contributed by atoms with Gasteiger partial charge in [0.2, 0.25) is 0 Å². The summed E-state index contributed by atoms with van der Waals surface area (Å²) in [7, 11) is 0. The molecule has 18 heavy (non-hydrogen) atoms. The highest BCUT2D eigenvalue weighted by atomic mass is 35.5. The highest BCUT2D eigenvalue weighted by Crippen LogP contribution is 2.33. The van der Waals surface area contributed by atoms with E-state index in [1.165, 1.54) is 6.07 Å². The minimum absolute atomic E-state index is 0.187. The maximum atomic E-state index is 6.08. The highest BCUT2D eigenvalue weighted by Gasteiger charge is 2.09. The Hall–Kier alpha value is -0.670. The molecule has 1 N–H and O–H groups in total. The second-order valence-corrected chi connectivity index (χ2v) is 5.28. The summed E-state index contributed by atoms with van der Waals surface area (Å²) in [4.78, 5) is 4.07. The Morgan fingerprint density at radius 3 is 2.39 bits per heavy atom. The van der Waals surface area contributed by atoms with Crippen molar-refractivity contribution in [1.29, 1.82) is 0 Å². The number of hydrogen-bond acceptors (Lipinski definition) is 2. The zero-order chi connectivity index (χ0) is 13.3. The fraction of sp³-hybridized carbons (Fsp3) is 0.0833. The van der Waals surface area contributed by atoms with E-state index in [1.54, 1.807) is 6.07 Å². The molecule has 1 aromatic carbocycles. The quantitative estimate of drug-likeness (QED) is 0.712. The summed E-state index contributed by atoms with van der Waals surface area (Å²) in [5, 5.41) is 4.48. The first kappa shape index (κ1) is 13.8. The molecule has 6 heteroatoms. The van der Waals surface area contributed by atoms with Crippen LogP contribution in [0.5, 0.6) is 0 Å². The molecule has 0 saturated carbocycles. The molecule has 2 aromatic rings. The summed E-state index contributed by atoms with van der Waals surface area (Å²) in [6, 6.07) is 7.13. The largest absolute Gasteiger partial charge is 0.338 e. The molecule has 0 amide bonds. The van der Waals surface area contributed by atoms with Gasteiger partial charge in [-0.15, -0.1) is 0 Å². The second-order valence-electron chi connectivity index (χ2n) is 3.70. The minimum Gasteiger partial charge on any atom is -0.338 e. The lowest BCUT2D eigenvalue weighted by atomic mass is 10.2. The van der Waals surface area contributed by atoms with Gasteiger partial charge in [0.15, 0.2) is 5.82 Å². The van der Waals surface area contributed by atoms with Crippen LogP contribution in [0.4, 0.5) is 11.5 Å². The molecule has 0 aliphatic rings. The normalized spacial score (nSPS) is 10.5. The highest BCUT2D eigenvalue weighted by molar-refractivity contribution is 6.43. The molecule has 0 spiro atoms. The molecule has 0 bridgehead atoms. The average Bonchev–Trinajstić information content (AvgIpc) is 2.30. The van der Waals surface area contributed by atoms with E-state index in [0.717, 1.165) is 5.56 Å². The number of benzene rings is 1. The van der Waals surface area contributed by atoms with Crippen LogP contribution in [-0.2, 0) is 0 Å². The maximum absolute atomic E-state index is 6.08. The molecule has 0 unspecified atom stereocenters. The average molecular weight is 322 g/mol. The van der Waals surface area contributed by atoms with Gasteiger partial charge in [0.05, 0.1) is 20.8 Å². The summed E-state index contributed by atoms with van der Waals surface area (Å²) in [6.45, 7) is 1.96. The monoisotopic (exact) mass is 320 g/mol. The lowest BCUT2D eigenvalue weighted by Gasteiger charge is -2.10. The number of hydrogen-bond donors (Lipinski definition) is 1. The fourth-order valence-corrected chi connectivity index (χ4v) is 2.10. The van der Waals surface area contributed by atoms with Gasteiger partial charge in [0, 0.05) is 0 Å². The van der Waals surface area contributed by atoms with Crippen molar-refractivity contribution in [2.75, 3.05) is 5.32 Å². The van der Waals surface area contributed by atoms with Crippen molar-refractivity contribution >= 4 is 57.9 Å². The fourth-order valence-electron chi connectivity index (χ4n) is 1.39. The number of halogens is 4. The Labute approximate surface area is 125 Å². The molecule has 94 valence electrons. The van der Waals surface area contributed by atoms with Crippen molar-refractivity contribution in [1.82, 2.24) is 4.98 Å². The van der Waals surface area contributed by atoms with E-state index < -0.39 is 0 Å². The summed E-state index contributed by atoms with van der Waals surface area (Å²) < 4.78 is 0. The van der Waals surface area contributed by atoms with E-state index in [4.69, 9.17) is 46.4 Å². The summed E-state index contributed by atoms with van der Waals surface area (Å²) >= 11 is 23.8. The molecule has 0 saturated heterocycles. The van der Waals surface area contributed by atoms with Crippen LogP contribution < -0.4 is 5.32 Å². The third-order valence-electron chi connectivity index (χ3n) is 2.26. The van der Waals surface area contributed by atoms with E-state index >= 15 is 0 Å². The van der Waals surface area contributed by atoms with E-state index in [1.807, 2.05) is 19.1 Å². The maximum Gasteiger partial charge on any atom is 0.151 e. The van der Waals surface area contributed by atoms with E-state index in [2.05, 4.69) is 10.3 Å². The third-order valence-corrected chi connectivity index (χ3v) is 3.55. The van der Waals surface area contributed by atoms with Crippen molar-refractivity contribution in [3.63, 3.8) is 0 Å². The summed E-state index contributed by atoms with van der Waals surface area (Å²) in [5.41, 5.74) is 1.78. The first-order chi connectivity index (χ1) is 8.47. The first-order valence-corrected chi connectivity index (χ1v) is 6.53. The first-order valence-electron chi connectivity index (χ1n) is 5.02. The smallest absolute Gasteiger partial charge is 0.151 e. The van der Waals surface area contributed by atoms with Gasteiger partial charge < -0.3 is 5.32 Å². The molecular formula is C12H8Cl4N2. The molecule has 0 atom stereocenters. The van der Waals surface area contributed by atoms with Gasteiger partial charge in [0.25, 0.3) is 0 Å². The number of nitrogens with one attached hydrogen (secondary N) is 1. The molecule has 0 fully saturated rings. The van der Waals surface area contributed by atoms with Gasteiger partial charge in [-0.3, -0.25) is 0 Å². The van der Waals surface area contributed by atoms with Crippen molar-refractivity contribution in [3.8, 4) is 0 Å². The molecule has 2 nitrogen and oxygen atoms in total. The van der Waals surface area contributed by atoms with Crippen LogP contribution in [0, 0.1) is 6.92 Å². The zero-order valence-corrected chi connectivity index (χ0v) is 12.3. The van der Waals surface area contributed by atoms with E-state index in [-0.39, 0.29) is 5.15 Å². The van der Waals surface area contributed by atoms with Gasteiger partial charge in [-0.2, -0.15) is 0 Å². The van der Waals surface area contributed by atoms with Gasteiger partial charge in [-0.05, 0) is 30.7 Å². The minimum atomic E-state index is 0.187. The predicted molar refractivity (Wildman–Crippen MR) is 78.7 cm³/mol. The van der Waals surface area contributed by atoms with Gasteiger partial charge in [0.1, 0.15) is 5.15 Å². The Bertz CT molecular complexity index is 599. The van der Waals surface area contributed by atoms with Crippen molar-refractivity contribution in [3.05, 3.63) is 50.0 Å². The molecule has 1 heterocycles. The van der Waals surface area contributed by atoms with Crippen LogP contribution in [-0.4, -0.2) is 4.98 Å². The number of rotatable bonds is 2. The molecule has 0 aliphatic heterocycles. The molecule has 1 aromatic heterocycles. The lowest BCUT2D eigenvalue weighted by molar-refractivity contribution is 1.30. The summed E-state index contributed by atoms with van der Waals surface area (Å²) in [5.74, 6) is 0.415. The number of nitrogens with zero attached hydrogens (tertiary/aromatic N) is 1. The van der Waals surface area contributed by atoms with Crippen LogP contribution in [0.15, 0.2) is 24.3 Å². The van der Waals surface area contributed by atoms with Crippen LogP contribution in [0.1, 0.15) is 5.56 Å². The topological polar surface area (TPSA) is 24.9 Å². The van der Waals surface area contributed by atoms with Crippen LogP contribution in [0.25, 0.3) is 0 Å². The zero-order valence-electron chi connectivity index (χ0n) is 9.27. The molecular weight excluding hydrogens is 314 g/mol. The number of aromatic nitrogens is 1. The third kappa shape index (κ3) is 3.01. The molecule has 0 radical (unpaired) electrons. The standard InChI is InChI=1S/C12H8Cl4N2/c1-6-2-3-7(13)10(4-6)17-12-9(15)5-8(14)11(16)18-12/h2-5H,1H3,(H,17,18). The van der Waals surface area contributed by atoms with E-state index in [0.29, 0.717) is 26.6 Å². The number of anilines is 2. The van der Waals surface area contributed by atoms with Gasteiger partial charge in [-0.25, -0.2) is 4.98 Å². The van der Waals surface area contributed by atoms with Crippen LogP contribution >= 0.6 is 46.4 Å². The summed E-state index contributed by atoms with van der Waals surface area (Å²) in [6.07, 6.45) is 0. The SMILES string of the molecule is Cc1ccc(Cl)c(Nc2nc(Cl)c(Cl)cc2Cl)c1. The van der Waals surface area contributed by atoms with Crippen molar-refractivity contribution in [2.24, 2.45) is 0 Å². The Morgan fingerprint density at radius 2 is 1.67 bits per heavy atom. The number of pyridine rings is 1.